The van der Waals surface area contributed by atoms with Crippen LogP contribution in [0.4, 0.5) is 11.6 Å². The Labute approximate surface area is 215 Å². The third-order valence-corrected chi connectivity index (χ3v) is 6.97. The summed E-state index contributed by atoms with van der Waals surface area (Å²) in [6.07, 6.45) is 6.28. The number of piperidine rings is 1. The van der Waals surface area contributed by atoms with Gasteiger partial charge in [0.25, 0.3) is 5.91 Å². The van der Waals surface area contributed by atoms with Crippen LogP contribution in [-0.4, -0.2) is 49.3 Å². The average Bonchev–Trinajstić information content (AvgIpc) is 3.21. The minimum atomic E-state index is -0.232. The van der Waals surface area contributed by atoms with E-state index in [4.69, 9.17) is 5.73 Å². The van der Waals surface area contributed by atoms with E-state index < -0.39 is 0 Å². The zero-order valence-electron chi connectivity index (χ0n) is 20.9. The Bertz CT molecular complexity index is 1510. The van der Waals surface area contributed by atoms with E-state index in [1.165, 1.54) is 12.4 Å². The van der Waals surface area contributed by atoms with Crippen LogP contribution in [0, 0.1) is 13.8 Å². The molecule has 0 aliphatic carbocycles. The maximum atomic E-state index is 12.8. The van der Waals surface area contributed by atoms with E-state index in [0.717, 1.165) is 46.3 Å². The van der Waals surface area contributed by atoms with Gasteiger partial charge in [-0.15, -0.1) is 0 Å². The van der Waals surface area contributed by atoms with Crippen molar-refractivity contribution in [3.05, 3.63) is 78.4 Å². The van der Waals surface area contributed by atoms with Gasteiger partial charge in [0.15, 0.2) is 0 Å². The summed E-state index contributed by atoms with van der Waals surface area (Å²) in [7, 11) is 0. The highest BCUT2D eigenvalue weighted by Gasteiger charge is 2.29. The number of rotatable bonds is 5. The number of amides is 2. The SMILES string of the molecule is C=CC(=O)N1CCCC(n2c(C)c(-c3ccc(C(=O)Nc4ccccn4)cc3C)c3c(N)ncnc32)C1. The first-order valence-corrected chi connectivity index (χ1v) is 12.2. The van der Waals surface area contributed by atoms with Gasteiger partial charge in [-0.25, -0.2) is 15.0 Å². The van der Waals surface area contributed by atoms with Crippen LogP contribution in [0.2, 0.25) is 0 Å². The molecule has 4 heterocycles. The Morgan fingerprint density at radius 1 is 1.16 bits per heavy atom. The lowest BCUT2D eigenvalue weighted by molar-refractivity contribution is -0.127. The highest BCUT2D eigenvalue weighted by Crippen LogP contribution is 2.41. The van der Waals surface area contributed by atoms with E-state index in [1.807, 2.05) is 36.9 Å². The quantitative estimate of drug-likeness (QED) is 0.399. The molecule has 1 aromatic carbocycles. The van der Waals surface area contributed by atoms with E-state index in [-0.39, 0.29) is 17.9 Å². The molecule has 188 valence electrons. The van der Waals surface area contributed by atoms with E-state index in [1.54, 1.807) is 24.4 Å². The van der Waals surface area contributed by atoms with Crippen molar-refractivity contribution in [3.8, 4) is 11.1 Å². The topological polar surface area (TPSA) is 119 Å². The van der Waals surface area contributed by atoms with E-state index >= 15 is 0 Å². The molecule has 37 heavy (non-hydrogen) atoms. The van der Waals surface area contributed by atoms with E-state index in [9.17, 15) is 9.59 Å². The number of nitrogens with zero attached hydrogens (tertiary/aromatic N) is 5. The van der Waals surface area contributed by atoms with Gasteiger partial charge in [0.1, 0.15) is 23.6 Å². The van der Waals surface area contributed by atoms with Crippen LogP contribution in [0.15, 0.2) is 61.6 Å². The molecule has 0 saturated carbocycles. The highest BCUT2D eigenvalue weighted by atomic mass is 16.2. The van der Waals surface area contributed by atoms with Gasteiger partial charge < -0.3 is 20.5 Å². The van der Waals surface area contributed by atoms with Crippen LogP contribution < -0.4 is 11.1 Å². The first kappa shape index (κ1) is 24.2. The summed E-state index contributed by atoms with van der Waals surface area (Å²) in [4.78, 5) is 40.1. The van der Waals surface area contributed by atoms with Crippen LogP contribution in [0.5, 0.6) is 0 Å². The number of benzene rings is 1. The predicted octanol–water partition coefficient (Wildman–Crippen LogP) is 4.29. The fourth-order valence-corrected chi connectivity index (χ4v) is 5.25. The normalized spacial score (nSPS) is 15.5. The predicted molar refractivity (Wildman–Crippen MR) is 144 cm³/mol. The number of aryl methyl sites for hydroxylation is 1. The van der Waals surface area contributed by atoms with Crippen molar-refractivity contribution in [2.24, 2.45) is 0 Å². The molecule has 0 bridgehead atoms. The Balaban J connectivity index is 1.56. The minimum absolute atomic E-state index is 0.0481. The van der Waals surface area contributed by atoms with Crippen molar-refractivity contribution in [2.45, 2.75) is 32.7 Å². The van der Waals surface area contributed by atoms with Crippen molar-refractivity contribution in [3.63, 3.8) is 0 Å². The molecule has 4 aromatic rings. The first-order chi connectivity index (χ1) is 17.9. The maximum absolute atomic E-state index is 12.8. The molecule has 0 spiro atoms. The van der Waals surface area contributed by atoms with Gasteiger partial charge in [-0.3, -0.25) is 9.59 Å². The Morgan fingerprint density at radius 3 is 2.73 bits per heavy atom. The van der Waals surface area contributed by atoms with Gasteiger partial charge in [-0.05, 0) is 68.2 Å². The summed E-state index contributed by atoms with van der Waals surface area (Å²) in [6.45, 7) is 8.95. The molecule has 2 amide bonds. The molecule has 9 heteroatoms. The van der Waals surface area contributed by atoms with E-state index in [0.29, 0.717) is 30.3 Å². The Morgan fingerprint density at radius 2 is 2.00 bits per heavy atom. The van der Waals surface area contributed by atoms with Crippen molar-refractivity contribution >= 4 is 34.5 Å². The number of carbonyl (C=O) groups excluding carboxylic acids is 2. The van der Waals surface area contributed by atoms with Gasteiger partial charge in [0.05, 0.1) is 11.4 Å². The standard InChI is InChI=1S/C28H29N7O2/c1-4-23(36)34-13-7-8-20(15-34)35-18(3)24(25-26(29)31-16-32-27(25)35)21-11-10-19(14-17(21)2)28(37)33-22-9-5-6-12-30-22/h4-6,9-12,14,16,20H,1,7-8,13,15H2,2-3H3,(H2,29,31,32)(H,30,33,37). The molecule has 3 aromatic heterocycles. The lowest BCUT2D eigenvalue weighted by Gasteiger charge is -2.34. The summed E-state index contributed by atoms with van der Waals surface area (Å²) in [6, 6.07) is 11.0. The van der Waals surface area contributed by atoms with Crippen molar-refractivity contribution in [1.29, 1.82) is 0 Å². The average molecular weight is 496 g/mol. The number of nitrogen functional groups attached to an aromatic ring is 1. The summed E-state index contributed by atoms with van der Waals surface area (Å²) >= 11 is 0. The fraction of sp³-hybridized carbons (Fsp3) is 0.250. The Hall–Kier alpha value is -4.53. The van der Waals surface area contributed by atoms with Crippen molar-refractivity contribution in [2.75, 3.05) is 24.1 Å². The smallest absolute Gasteiger partial charge is 0.256 e. The third kappa shape index (κ3) is 4.44. The summed E-state index contributed by atoms with van der Waals surface area (Å²) in [5.41, 5.74) is 11.5. The molecule has 9 nitrogen and oxygen atoms in total. The number of nitrogens with two attached hydrogens (primary N) is 1. The van der Waals surface area contributed by atoms with Gasteiger partial charge in [0, 0.05) is 36.1 Å². The molecule has 1 aliphatic heterocycles. The number of hydrogen-bond donors (Lipinski definition) is 2. The number of aromatic nitrogens is 4. The zero-order valence-corrected chi connectivity index (χ0v) is 20.9. The minimum Gasteiger partial charge on any atom is -0.383 e. The molecule has 1 unspecified atom stereocenters. The second-order valence-electron chi connectivity index (χ2n) is 9.27. The Kier molecular flexibility index (Phi) is 6.43. The number of hydrogen-bond acceptors (Lipinski definition) is 6. The monoisotopic (exact) mass is 495 g/mol. The summed E-state index contributed by atoms with van der Waals surface area (Å²) < 4.78 is 2.19. The van der Waals surface area contributed by atoms with Crippen LogP contribution >= 0.6 is 0 Å². The number of anilines is 2. The molecule has 3 N–H and O–H groups in total. The largest absolute Gasteiger partial charge is 0.383 e. The molecular weight excluding hydrogens is 466 g/mol. The molecule has 0 radical (unpaired) electrons. The lowest BCUT2D eigenvalue weighted by Crippen LogP contribution is -2.40. The lowest BCUT2D eigenvalue weighted by atomic mass is 9.96. The van der Waals surface area contributed by atoms with Gasteiger partial charge >= 0.3 is 0 Å². The first-order valence-electron chi connectivity index (χ1n) is 12.2. The highest BCUT2D eigenvalue weighted by molar-refractivity contribution is 6.06. The second-order valence-corrected chi connectivity index (χ2v) is 9.27. The summed E-state index contributed by atoms with van der Waals surface area (Å²) in [5, 5.41) is 3.61. The van der Waals surface area contributed by atoms with E-state index in [2.05, 4.69) is 31.4 Å². The number of pyridine rings is 1. The van der Waals surface area contributed by atoms with Crippen molar-refractivity contribution < 1.29 is 9.59 Å². The molecule has 5 rings (SSSR count). The number of fused-ring (bicyclic) bond motifs is 1. The van der Waals surface area contributed by atoms with Gasteiger partial charge in [-0.2, -0.15) is 0 Å². The number of nitrogens with one attached hydrogen (secondary N) is 1. The molecule has 1 aliphatic rings. The summed E-state index contributed by atoms with van der Waals surface area (Å²) in [5.74, 6) is 0.593. The van der Waals surface area contributed by atoms with Crippen LogP contribution in [0.25, 0.3) is 22.2 Å². The fourth-order valence-electron chi connectivity index (χ4n) is 5.25. The molecule has 1 fully saturated rings. The number of carbonyl (C=O) groups is 2. The van der Waals surface area contributed by atoms with Crippen molar-refractivity contribution in [1.82, 2.24) is 24.4 Å². The van der Waals surface area contributed by atoms with Crippen LogP contribution in [0.3, 0.4) is 0 Å². The maximum Gasteiger partial charge on any atom is 0.256 e. The second kappa shape index (κ2) is 9.85. The molecule has 1 atom stereocenters. The zero-order chi connectivity index (χ0) is 26.1. The van der Waals surface area contributed by atoms with Gasteiger partial charge in [0.2, 0.25) is 5.91 Å². The van der Waals surface area contributed by atoms with Crippen LogP contribution in [-0.2, 0) is 4.79 Å². The van der Waals surface area contributed by atoms with Gasteiger partial charge in [-0.1, -0.05) is 18.7 Å². The molecule has 1 saturated heterocycles. The molecular formula is C28H29N7O2. The number of likely N-dealkylation sites (tertiary alicyclic amines) is 1. The third-order valence-electron chi connectivity index (χ3n) is 6.97. The van der Waals surface area contributed by atoms with Crippen LogP contribution in [0.1, 0.15) is 40.5 Å².